The van der Waals surface area contributed by atoms with Crippen molar-refractivity contribution >= 4 is 11.8 Å². The van der Waals surface area contributed by atoms with E-state index in [1.807, 2.05) is 0 Å². The summed E-state index contributed by atoms with van der Waals surface area (Å²) in [6.45, 7) is 4.27. The average Bonchev–Trinajstić information content (AvgIpc) is 2.41. The fraction of sp³-hybridized carbons (Fsp3) is 0.250. The molecule has 0 bridgehead atoms. The maximum atomic E-state index is 6.17. The van der Waals surface area contributed by atoms with Crippen molar-refractivity contribution in [2.75, 3.05) is 0 Å². The van der Waals surface area contributed by atoms with Gasteiger partial charge in [-0.05, 0) is 36.6 Å². The van der Waals surface area contributed by atoms with Gasteiger partial charge in [-0.15, -0.1) is 0 Å². The number of nitrogens with two attached hydrogens (primary N) is 1. The Kier molecular flexibility index (Phi) is 4.45. The molecule has 0 spiro atoms. The van der Waals surface area contributed by atoms with Crippen molar-refractivity contribution in [2.24, 2.45) is 5.73 Å². The van der Waals surface area contributed by atoms with Gasteiger partial charge in [-0.3, -0.25) is 0 Å². The van der Waals surface area contributed by atoms with Crippen LogP contribution in [0, 0.1) is 6.92 Å². The Morgan fingerprint density at radius 2 is 1.61 bits per heavy atom. The van der Waals surface area contributed by atoms with Crippen molar-refractivity contribution in [3.8, 4) is 0 Å². The van der Waals surface area contributed by atoms with Crippen LogP contribution in [-0.4, -0.2) is 0 Å². The normalized spacial score (nSPS) is 12.4. The zero-order chi connectivity index (χ0) is 13.0. The summed E-state index contributed by atoms with van der Waals surface area (Å²) >= 11 is 1.80. The molecule has 0 amide bonds. The van der Waals surface area contributed by atoms with Gasteiger partial charge < -0.3 is 5.73 Å². The first-order valence-corrected chi connectivity index (χ1v) is 7.12. The van der Waals surface area contributed by atoms with Gasteiger partial charge in [0.05, 0.1) is 0 Å². The van der Waals surface area contributed by atoms with Crippen LogP contribution in [0.4, 0.5) is 0 Å². The lowest BCUT2D eigenvalue weighted by Crippen LogP contribution is -2.09. The molecule has 0 radical (unpaired) electrons. The summed E-state index contributed by atoms with van der Waals surface area (Å²) in [6, 6.07) is 17.0. The van der Waals surface area contributed by atoms with Gasteiger partial charge in [-0.1, -0.05) is 55.1 Å². The Morgan fingerprint density at radius 1 is 1.00 bits per heavy atom. The van der Waals surface area contributed by atoms with E-state index in [1.54, 1.807) is 11.8 Å². The Morgan fingerprint density at radius 3 is 2.28 bits per heavy atom. The number of aryl methyl sites for hydroxylation is 1. The minimum absolute atomic E-state index is 0.123. The molecule has 2 aromatic carbocycles. The Labute approximate surface area is 113 Å². The highest BCUT2D eigenvalue weighted by Crippen LogP contribution is 2.34. The van der Waals surface area contributed by atoms with Crippen LogP contribution >= 0.6 is 11.8 Å². The fourth-order valence-electron chi connectivity index (χ4n) is 1.89. The molecular formula is C16H19NS. The molecule has 1 atom stereocenters. The molecule has 0 fully saturated rings. The van der Waals surface area contributed by atoms with Gasteiger partial charge in [-0.25, -0.2) is 0 Å². The van der Waals surface area contributed by atoms with Crippen LogP contribution in [0.5, 0.6) is 0 Å². The fourth-order valence-corrected chi connectivity index (χ4v) is 2.99. The zero-order valence-electron chi connectivity index (χ0n) is 10.9. The lowest BCUT2D eigenvalue weighted by Gasteiger charge is -2.15. The second-order valence-electron chi connectivity index (χ2n) is 4.42. The van der Waals surface area contributed by atoms with Crippen molar-refractivity contribution in [1.29, 1.82) is 0 Å². The summed E-state index contributed by atoms with van der Waals surface area (Å²) < 4.78 is 0. The van der Waals surface area contributed by atoms with Crippen molar-refractivity contribution < 1.29 is 0 Å². The predicted molar refractivity (Wildman–Crippen MR) is 79.0 cm³/mol. The van der Waals surface area contributed by atoms with Gasteiger partial charge >= 0.3 is 0 Å². The number of hydrogen-bond donors (Lipinski definition) is 1. The first-order valence-electron chi connectivity index (χ1n) is 6.30. The number of rotatable bonds is 4. The molecule has 0 aromatic heterocycles. The molecule has 1 nitrogen and oxygen atoms in total. The molecule has 18 heavy (non-hydrogen) atoms. The van der Waals surface area contributed by atoms with E-state index >= 15 is 0 Å². The van der Waals surface area contributed by atoms with Gasteiger partial charge in [0.1, 0.15) is 0 Å². The van der Waals surface area contributed by atoms with Crippen LogP contribution in [0.3, 0.4) is 0 Å². The molecule has 0 aliphatic heterocycles. The average molecular weight is 257 g/mol. The second-order valence-corrected chi connectivity index (χ2v) is 5.50. The SMILES string of the molecule is CC[C@H](N)c1ccccc1Sc1ccccc1C. The minimum atomic E-state index is 0.123. The van der Waals surface area contributed by atoms with Crippen molar-refractivity contribution in [1.82, 2.24) is 0 Å². The smallest absolute Gasteiger partial charge is 0.0303 e. The third kappa shape index (κ3) is 2.95. The molecule has 0 heterocycles. The topological polar surface area (TPSA) is 26.0 Å². The Bertz CT molecular complexity index is 522. The molecule has 2 N–H and O–H groups in total. The van der Waals surface area contributed by atoms with E-state index in [2.05, 4.69) is 62.4 Å². The van der Waals surface area contributed by atoms with Gasteiger partial charge in [0.25, 0.3) is 0 Å². The lowest BCUT2D eigenvalue weighted by molar-refractivity contribution is 0.685. The highest BCUT2D eigenvalue weighted by atomic mass is 32.2. The monoisotopic (exact) mass is 257 g/mol. The Balaban J connectivity index is 2.32. The van der Waals surface area contributed by atoms with Crippen molar-refractivity contribution in [3.63, 3.8) is 0 Å². The van der Waals surface area contributed by atoms with E-state index in [1.165, 1.54) is 20.9 Å². The zero-order valence-corrected chi connectivity index (χ0v) is 11.7. The van der Waals surface area contributed by atoms with Crippen LogP contribution in [-0.2, 0) is 0 Å². The van der Waals surface area contributed by atoms with Gasteiger partial charge in [-0.2, -0.15) is 0 Å². The standard InChI is InChI=1S/C16H19NS/c1-3-14(17)13-9-5-7-11-16(13)18-15-10-6-4-8-12(15)2/h4-11,14H,3,17H2,1-2H3/t14-/m0/s1. The van der Waals surface area contributed by atoms with Crippen LogP contribution in [0.25, 0.3) is 0 Å². The summed E-state index contributed by atoms with van der Waals surface area (Å²) in [7, 11) is 0. The van der Waals surface area contributed by atoms with E-state index in [0.29, 0.717) is 0 Å². The quantitative estimate of drug-likeness (QED) is 0.869. The van der Waals surface area contributed by atoms with E-state index in [9.17, 15) is 0 Å². The largest absolute Gasteiger partial charge is 0.324 e. The molecule has 2 aromatic rings. The summed E-state index contributed by atoms with van der Waals surface area (Å²) in [6.07, 6.45) is 0.964. The number of hydrogen-bond acceptors (Lipinski definition) is 2. The highest BCUT2D eigenvalue weighted by molar-refractivity contribution is 7.99. The van der Waals surface area contributed by atoms with Crippen LogP contribution in [0.15, 0.2) is 58.3 Å². The first kappa shape index (κ1) is 13.2. The van der Waals surface area contributed by atoms with Crippen LogP contribution in [0.1, 0.15) is 30.5 Å². The maximum absolute atomic E-state index is 6.17. The molecule has 0 saturated carbocycles. The van der Waals surface area contributed by atoms with Crippen molar-refractivity contribution in [2.45, 2.75) is 36.1 Å². The molecule has 2 heteroatoms. The molecule has 94 valence electrons. The summed E-state index contributed by atoms with van der Waals surface area (Å²) in [5, 5.41) is 0. The number of benzene rings is 2. The minimum Gasteiger partial charge on any atom is -0.324 e. The van der Waals surface area contributed by atoms with Crippen molar-refractivity contribution in [3.05, 3.63) is 59.7 Å². The Hall–Kier alpha value is -1.25. The second kappa shape index (κ2) is 6.07. The third-order valence-corrected chi connectivity index (χ3v) is 4.34. The third-order valence-electron chi connectivity index (χ3n) is 3.07. The predicted octanol–water partition coefficient (Wildman–Crippen LogP) is 4.56. The van der Waals surface area contributed by atoms with Gasteiger partial charge in [0, 0.05) is 15.8 Å². The molecule has 0 unspecified atom stereocenters. The van der Waals surface area contributed by atoms with Gasteiger partial charge in [0.2, 0.25) is 0 Å². The summed E-state index contributed by atoms with van der Waals surface area (Å²) in [5.74, 6) is 0. The lowest BCUT2D eigenvalue weighted by atomic mass is 10.1. The van der Waals surface area contributed by atoms with E-state index in [4.69, 9.17) is 5.73 Å². The highest BCUT2D eigenvalue weighted by Gasteiger charge is 2.10. The summed E-state index contributed by atoms with van der Waals surface area (Å²) in [5.41, 5.74) is 8.72. The maximum Gasteiger partial charge on any atom is 0.0303 e. The first-order chi connectivity index (χ1) is 8.72. The van der Waals surface area contributed by atoms with Crippen LogP contribution in [0.2, 0.25) is 0 Å². The van der Waals surface area contributed by atoms with Crippen LogP contribution < -0.4 is 5.73 Å². The molecule has 2 rings (SSSR count). The molecule has 0 saturated heterocycles. The van der Waals surface area contributed by atoms with E-state index in [-0.39, 0.29) is 6.04 Å². The van der Waals surface area contributed by atoms with E-state index < -0.39 is 0 Å². The molecular weight excluding hydrogens is 238 g/mol. The van der Waals surface area contributed by atoms with E-state index in [0.717, 1.165) is 6.42 Å². The molecule has 0 aliphatic rings. The molecule has 0 aliphatic carbocycles. The summed E-state index contributed by atoms with van der Waals surface area (Å²) in [4.78, 5) is 2.56. The van der Waals surface area contributed by atoms with Gasteiger partial charge in [0.15, 0.2) is 0 Å².